The highest BCUT2D eigenvalue weighted by molar-refractivity contribution is 7.72. The Labute approximate surface area is 261 Å². The van der Waals surface area contributed by atoms with Gasteiger partial charge in [-0.05, 0) is 72.2 Å². The zero-order valence-electron chi connectivity index (χ0n) is 26.1. The summed E-state index contributed by atoms with van der Waals surface area (Å²) in [5, 5.41) is 40.5. The van der Waals surface area contributed by atoms with Gasteiger partial charge in [-0.1, -0.05) is 0 Å². The number of carbonyl (C=O) groups excluding carboxylic acids is 4. The van der Waals surface area contributed by atoms with Crippen LogP contribution in [-0.2, 0) is 45.7 Å². The third kappa shape index (κ3) is 9.73. The lowest BCUT2D eigenvalue weighted by atomic mass is 9.97. The minimum Gasteiger partial charge on any atom is -0.508 e. The van der Waals surface area contributed by atoms with Crippen molar-refractivity contribution < 1.29 is 67.0 Å². The van der Waals surface area contributed by atoms with Crippen LogP contribution in [0.25, 0.3) is 0 Å². The first-order chi connectivity index (χ1) is 20.5. The van der Waals surface area contributed by atoms with Crippen LogP contribution in [0, 0.1) is 10.8 Å². The largest absolute Gasteiger partial charge is 0.508 e. The molecule has 0 aromatic heterocycles. The maximum atomic E-state index is 12.8. The second-order valence-corrected chi connectivity index (χ2v) is 13.4. The number of rotatable bonds is 10. The van der Waals surface area contributed by atoms with Crippen molar-refractivity contribution in [1.29, 1.82) is 0 Å². The molecule has 0 radical (unpaired) electrons. The molecule has 0 aliphatic carbocycles. The van der Waals surface area contributed by atoms with E-state index in [0.717, 1.165) is 24.3 Å². The van der Waals surface area contributed by atoms with Gasteiger partial charge in [0.1, 0.15) is 44.8 Å². The van der Waals surface area contributed by atoms with Crippen LogP contribution in [0.4, 0.5) is 0 Å². The predicted octanol–water partition coefficient (Wildman–Crippen LogP) is 3.59. The van der Waals surface area contributed by atoms with Gasteiger partial charge in [0, 0.05) is 25.0 Å². The van der Waals surface area contributed by atoms with Crippen molar-refractivity contribution in [3.05, 3.63) is 46.5 Å². The number of phenolic OH excluding ortho intramolecular Hbond substituents is 4. The lowest BCUT2D eigenvalue weighted by Crippen LogP contribution is -2.29. The number of carbonyl (C=O) groups is 4. The monoisotopic (exact) mass is 654 g/mol. The van der Waals surface area contributed by atoms with E-state index in [4.69, 9.17) is 18.9 Å². The third-order valence-electron chi connectivity index (χ3n) is 6.08. The van der Waals surface area contributed by atoms with Crippen LogP contribution in [0.5, 0.6) is 23.0 Å². The Kier molecular flexibility index (Phi) is 11.4. The average molecular weight is 655 g/mol. The first-order valence-electron chi connectivity index (χ1n) is 13.6. The van der Waals surface area contributed by atoms with Crippen molar-refractivity contribution >= 4 is 34.6 Å². The normalized spacial score (nSPS) is 13.8. The Morgan fingerprint density at radius 2 is 1.07 bits per heavy atom. The van der Waals surface area contributed by atoms with Crippen LogP contribution in [-0.4, -0.2) is 65.3 Å². The molecule has 0 bridgehead atoms. The van der Waals surface area contributed by atoms with E-state index in [9.17, 15) is 48.0 Å². The van der Waals surface area contributed by atoms with Crippen molar-refractivity contribution in [2.24, 2.45) is 10.8 Å². The fourth-order valence-electron chi connectivity index (χ4n) is 3.68. The van der Waals surface area contributed by atoms with Crippen LogP contribution in [0.3, 0.4) is 0 Å². The van der Waals surface area contributed by atoms with Crippen LogP contribution in [0.2, 0.25) is 0 Å². The predicted molar refractivity (Wildman–Crippen MR) is 157 cm³/mol. The summed E-state index contributed by atoms with van der Waals surface area (Å²) in [7, 11) is -3.51. The number of phenols is 4. The van der Waals surface area contributed by atoms with E-state index < -0.39 is 109 Å². The molecule has 2 aromatic carbocycles. The number of hydrogen-bond donors (Lipinski definition) is 5. The first-order valence-corrected chi connectivity index (χ1v) is 14.9. The van der Waals surface area contributed by atoms with Gasteiger partial charge in [0.2, 0.25) is 12.6 Å². The highest BCUT2D eigenvalue weighted by Crippen LogP contribution is 2.39. The summed E-state index contributed by atoms with van der Waals surface area (Å²) >= 11 is 0. The highest BCUT2D eigenvalue weighted by Gasteiger charge is 2.31. The van der Waals surface area contributed by atoms with Gasteiger partial charge in [0.15, 0.2) is 0 Å². The molecule has 0 aliphatic rings. The summed E-state index contributed by atoms with van der Waals surface area (Å²) in [6.07, 6.45) is -3.47. The molecule has 0 spiro atoms. The van der Waals surface area contributed by atoms with E-state index in [1.54, 1.807) is 41.5 Å². The van der Waals surface area contributed by atoms with Crippen molar-refractivity contribution in [1.82, 2.24) is 0 Å². The fourth-order valence-corrected chi connectivity index (χ4v) is 4.45. The number of benzene rings is 2. The molecule has 45 heavy (non-hydrogen) atoms. The van der Waals surface area contributed by atoms with Crippen LogP contribution >= 0.6 is 0 Å². The Hall–Kier alpha value is -4.53. The molecule has 0 saturated heterocycles. The molecule has 0 heterocycles. The molecule has 4 N–H and O–H groups in total. The minimum atomic E-state index is -3.51. The molecule has 0 fully saturated rings. The molecule has 14 nitrogen and oxygen atoms in total. The number of ether oxygens (including phenoxy) is 4. The summed E-state index contributed by atoms with van der Waals surface area (Å²) in [6, 6.07) is 3.48. The van der Waals surface area contributed by atoms with E-state index in [1.807, 2.05) is 0 Å². The zero-order chi connectivity index (χ0) is 34.6. The van der Waals surface area contributed by atoms with Gasteiger partial charge < -0.3 is 39.4 Å². The summed E-state index contributed by atoms with van der Waals surface area (Å²) in [6.45, 7) is 11.9. The van der Waals surface area contributed by atoms with Gasteiger partial charge in [0.05, 0.1) is 16.1 Å². The van der Waals surface area contributed by atoms with Gasteiger partial charge >= 0.3 is 23.9 Å². The highest BCUT2D eigenvalue weighted by atomic mass is 32.2. The van der Waals surface area contributed by atoms with Gasteiger partial charge in [-0.25, -0.2) is 18.0 Å². The molecule has 3 unspecified atom stereocenters. The maximum absolute atomic E-state index is 12.8. The van der Waals surface area contributed by atoms with E-state index in [0.29, 0.717) is 0 Å². The molecular formula is C30H38O14S. The minimum absolute atomic E-state index is 0.292. The topological polar surface area (TPSA) is 220 Å². The second kappa shape index (κ2) is 14.1. The summed E-state index contributed by atoms with van der Waals surface area (Å²) in [5.74, 6) is -6.75. The SMILES string of the molecule is CC(OC(=O)c1cc(O)cc(CC(c2cc(O)cc(C(=O)OC(C)OC(=O)C(C)(C)C)c2O)[SH](=O)=O)c1O)OC(=O)C(C)(C)C. The van der Waals surface area contributed by atoms with Crippen molar-refractivity contribution in [2.75, 3.05) is 0 Å². The number of thiol groups is 1. The zero-order valence-corrected chi connectivity index (χ0v) is 27.0. The summed E-state index contributed by atoms with van der Waals surface area (Å²) < 4.78 is 44.9. The van der Waals surface area contributed by atoms with Crippen molar-refractivity contribution in [3.8, 4) is 23.0 Å². The van der Waals surface area contributed by atoms with Gasteiger partial charge in [0.25, 0.3) is 0 Å². The summed E-state index contributed by atoms with van der Waals surface area (Å²) in [5.41, 5.74) is -3.84. The van der Waals surface area contributed by atoms with E-state index in [-0.39, 0.29) is 5.56 Å². The van der Waals surface area contributed by atoms with Gasteiger partial charge in [-0.15, -0.1) is 0 Å². The molecule has 15 heteroatoms. The fraction of sp³-hybridized carbons (Fsp3) is 0.467. The Bertz CT molecular complexity index is 1540. The summed E-state index contributed by atoms with van der Waals surface area (Å²) in [4.78, 5) is 49.8. The molecule has 0 saturated carbocycles. The molecule has 0 amide bonds. The van der Waals surface area contributed by atoms with Crippen LogP contribution in [0.15, 0.2) is 24.3 Å². The molecule has 248 valence electrons. The Morgan fingerprint density at radius 3 is 1.47 bits per heavy atom. The second-order valence-electron chi connectivity index (χ2n) is 12.2. The van der Waals surface area contributed by atoms with Crippen LogP contribution < -0.4 is 0 Å². The number of aromatic hydroxyl groups is 4. The molecular weight excluding hydrogens is 616 g/mol. The van der Waals surface area contributed by atoms with Gasteiger partial charge in [-0.3, -0.25) is 9.59 Å². The average Bonchev–Trinajstić information content (AvgIpc) is 2.88. The first kappa shape index (κ1) is 36.7. The van der Waals surface area contributed by atoms with E-state index in [2.05, 4.69) is 0 Å². The van der Waals surface area contributed by atoms with E-state index >= 15 is 0 Å². The number of esters is 4. The van der Waals surface area contributed by atoms with Crippen molar-refractivity contribution in [2.45, 2.75) is 79.6 Å². The standard InChI is InChI=1S/C30H38O14S/c1-14(43-27(37)29(3,4)5)41-25(35)20-12-17(31)9-16(23(20)33)10-22(45(39)40)19-11-18(32)13-21(24(19)34)26(36)42-15(2)44-28(38)30(6,7)8/h9,11-15,22,31-34,45H,10H2,1-8H3. The third-order valence-corrected chi connectivity index (χ3v) is 7.05. The maximum Gasteiger partial charge on any atom is 0.345 e. The lowest BCUT2D eigenvalue weighted by Gasteiger charge is -2.22. The van der Waals surface area contributed by atoms with Crippen LogP contribution in [0.1, 0.15) is 92.5 Å². The van der Waals surface area contributed by atoms with Gasteiger partial charge in [-0.2, -0.15) is 0 Å². The molecule has 3 atom stereocenters. The number of hydrogen-bond acceptors (Lipinski definition) is 14. The molecule has 0 aliphatic heterocycles. The Morgan fingerprint density at radius 1 is 0.667 bits per heavy atom. The van der Waals surface area contributed by atoms with Crippen molar-refractivity contribution in [3.63, 3.8) is 0 Å². The lowest BCUT2D eigenvalue weighted by molar-refractivity contribution is -0.176. The van der Waals surface area contributed by atoms with E-state index in [1.165, 1.54) is 13.8 Å². The quantitative estimate of drug-likeness (QED) is 0.107. The smallest absolute Gasteiger partial charge is 0.345 e. The Balaban J connectivity index is 2.41. The molecule has 2 rings (SSSR count). The molecule has 2 aromatic rings.